The van der Waals surface area contributed by atoms with Gasteiger partial charge in [-0.25, -0.2) is 13.1 Å². The van der Waals surface area contributed by atoms with Crippen LogP contribution in [0.4, 0.5) is 0 Å². The Morgan fingerprint density at radius 1 is 1.03 bits per heavy atom. The van der Waals surface area contributed by atoms with E-state index < -0.39 is 16.1 Å². The van der Waals surface area contributed by atoms with Crippen LogP contribution in [-0.4, -0.2) is 49.3 Å². The minimum absolute atomic E-state index is 0.0344. The van der Waals surface area contributed by atoms with Crippen molar-refractivity contribution in [3.05, 3.63) is 89.7 Å². The Kier molecular flexibility index (Phi) is 9.32. The molecule has 0 radical (unpaired) electrons. The molecule has 2 N–H and O–H groups in total. The summed E-state index contributed by atoms with van der Waals surface area (Å²) in [6, 6.07) is 18.7. The Morgan fingerprint density at radius 3 is 2.33 bits per heavy atom. The van der Waals surface area contributed by atoms with Crippen molar-refractivity contribution in [2.75, 3.05) is 7.11 Å². The van der Waals surface area contributed by atoms with Crippen molar-refractivity contribution >= 4 is 21.8 Å². The van der Waals surface area contributed by atoms with Gasteiger partial charge in [0.15, 0.2) is 0 Å². The molecule has 0 spiro atoms. The van der Waals surface area contributed by atoms with Gasteiger partial charge in [-0.1, -0.05) is 30.3 Å². The number of carbonyl (C=O) groups excluding carboxylic acids is 2. The van der Waals surface area contributed by atoms with E-state index >= 15 is 0 Å². The monoisotopic (exact) mass is 550 g/mol. The van der Waals surface area contributed by atoms with Crippen LogP contribution in [0.15, 0.2) is 77.8 Å². The smallest absolute Gasteiger partial charge is 0.242 e. The van der Waals surface area contributed by atoms with E-state index in [2.05, 4.69) is 15.0 Å². The number of aryl methyl sites for hydroxylation is 1. The predicted octanol–water partition coefficient (Wildman–Crippen LogP) is 3.20. The molecule has 3 aromatic rings. The quantitative estimate of drug-likeness (QED) is 0.338. The van der Waals surface area contributed by atoms with Gasteiger partial charge in [0.25, 0.3) is 0 Å². The average Bonchev–Trinajstić information content (AvgIpc) is 3.77. The maximum atomic E-state index is 13.4. The zero-order chi connectivity index (χ0) is 27.8. The molecule has 1 atom stereocenters. The molecule has 1 aromatic heterocycles. The second kappa shape index (κ2) is 12.9. The highest BCUT2D eigenvalue weighted by atomic mass is 32.2. The Bertz CT molecular complexity index is 1360. The van der Waals surface area contributed by atoms with E-state index in [1.807, 2.05) is 36.4 Å². The zero-order valence-electron chi connectivity index (χ0n) is 22.2. The second-order valence-electron chi connectivity index (χ2n) is 9.62. The summed E-state index contributed by atoms with van der Waals surface area (Å²) < 4.78 is 32.7. The van der Waals surface area contributed by atoms with E-state index in [1.165, 1.54) is 0 Å². The molecular weight excluding hydrogens is 516 g/mol. The molecule has 9 nitrogen and oxygen atoms in total. The number of ether oxygens (including phenoxy) is 1. The molecule has 2 aromatic carbocycles. The van der Waals surface area contributed by atoms with Crippen LogP contribution in [-0.2, 0) is 39.1 Å². The molecular formula is C29H34N4O5S. The summed E-state index contributed by atoms with van der Waals surface area (Å²) >= 11 is 0. The van der Waals surface area contributed by atoms with Gasteiger partial charge in [0, 0.05) is 25.2 Å². The zero-order valence-corrected chi connectivity index (χ0v) is 23.0. The standard InChI is InChI=1S/C29H34N4O5S/c1-21(29(35)31-19-25-5-3-4-18-30-25)33(20-23-6-13-26(38-2)14-7-23)28(34)17-10-22-8-15-27(16-9-22)39(36,37)32-24-11-12-24/h3-9,13-16,18,21,24,32H,10-12,17,19-20H2,1-2H3,(H,31,35)/t21-/m1/s1. The highest BCUT2D eigenvalue weighted by molar-refractivity contribution is 7.89. The summed E-state index contributed by atoms with van der Waals surface area (Å²) in [4.78, 5) is 32.4. The van der Waals surface area contributed by atoms with Gasteiger partial charge < -0.3 is 15.0 Å². The van der Waals surface area contributed by atoms with Gasteiger partial charge in [-0.2, -0.15) is 0 Å². The minimum atomic E-state index is -3.53. The number of aromatic nitrogens is 1. The van der Waals surface area contributed by atoms with E-state index in [9.17, 15) is 18.0 Å². The number of sulfonamides is 1. The van der Waals surface area contributed by atoms with E-state index in [0.29, 0.717) is 12.2 Å². The van der Waals surface area contributed by atoms with Gasteiger partial charge >= 0.3 is 0 Å². The van der Waals surface area contributed by atoms with E-state index in [4.69, 9.17) is 4.74 Å². The number of amides is 2. The van der Waals surface area contributed by atoms with E-state index in [1.54, 1.807) is 55.5 Å². The molecule has 1 aliphatic rings. The summed E-state index contributed by atoms with van der Waals surface area (Å²) in [5.74, 6) is 0.245. The van der Waals surface area contributed by atoms with Crippen LogP contribution in [0, 0.1) is 0 Å². The molecule has 1 saturated carbocycles. The first kappa shape index (κ1) is 28.3. The van der Waals surface area contributed by atoms with Crippen LogP contribution in [0.1, 0.15) is 43.0 Å². The third-order valence-corrected chi connectivity index (χ3v) is 8.15. The lowest BCUT2D eigenvalue weighted by Crippen LogP contribution is -2.47. The maximum absolute atomic E-state index is 13.4. The second-order valence-corrected chi connectivity index (χ2v) is 11.3. The van der Waals surface area contributed by atoms with Crippen molar-refractivity contribution < 1.29 is 22.7 Å². The third-order valence-electron chi connectivity index (χ3n) is 6.61. The van der Waals surface area contributed by atoms with Crippen molar-refractivity contribution in [2.24, 2.45) is 0 Å². The molecule has 1 heterocycles. The van der Waals surface area contributed by atoms with Crippen LogP contribution < -0.4 is 14.8 Å². The molecule has 0 bridgehead atoms. The molecule has 0 aliphatic heterocycles. The summed E-state index contributed by atoms with van der Waals surface area (Å²) in [6.45, 7) is 2.23. The molecule has 1 fully saturated rings. The first-order valence-electron chi connectivity index (χ1n) is 13.0. The number of nitrogens with one attached hydrogen (secondary N) is 2. The molecule has 206 valence electrons. The third kappa shape index (κ3) is 8.11. The van der Waals surface area contributed by atoms with Crippen molar-refractivity contribution in [3.63, 3.8) is 0 Å². The number of nitrogens with zero attached hydrogens (tertiary/aromatic N) is 2. The van der Waals surface area contributed by atoms with Crippen LogP contribution in [0.3, 0.4) is 0 Å². The molecule has 39 heavy (non-hydrogen) atoms. The number of carbonyl (C=O) groups is 2. The van der Waals surface area contributed by atoms with Gasteiger partial charge in [0.2, 0.25) is 21.8 Å². The number of pyridine rings is 1. The van der Waals surface area contributed by atoms with Gasteiger partial charge in [0.05, 0.1) is 24.2 Å². The summed E-state index contributed by atoms with van der Waals surface area (Å²) in [6.07, 6.45) is 3.98. The van der Waals surface area contributed by atoms with E-state index in [0.717, 1.165) is 29.7 Å². The Balaban J connectivity index is 1.42. The topological polar surface area (TPSA) is 118 Å². The van der Waals surface area contributed by atoms with Gasteiger partial charge in [-0.15, -0.1) is 0 Å². The van der Waals surface area contributed by atoms with Crippen LogP contribution >= 0.6 is 0 Å². The lowest BCUT2D eigenvalue weighted by Gasteiger charge is -2.29. The number of rotatable bonds is 13. The maximum Gasteiger partial charge on any atom is 0.242 e. The summed E-state index contributed by atoms with van der Waals surface area (Å²) in [5.41, 5.74) is 2.43. The Labute approximate surface area is 229 Å². The first-order chi connectivity index (χ1) is 18.7. The van der Waals surface area contributed by atoms with Gasteiger partial charge in [0.1, 0.15) is 11.8 Å². The van der Waals surface area contributed by atoms with Crippen LogP contribution in [0.2, 0.25) is 0 Å². The number of hydrogen-bond acceptors (Lipinski definition) is 6. The average molecular weight is 551 g/mol. The largest absolute Gasteiger partial charge is 0.497 e. The molecule has 0 unspecified atom stereocenters. The van der Waals surface area contributed by atoms with Gasteiger partial charge in [-0.05, 0) is 73.7 Å². The SMILES string of the molecule is COc1ccc(CN(C(=O)CCc2ccc(S(=O)(=O)NC3CC3)cc2)[C@H](C)C(=O)NCc2ccccn2)cc1. The fourth-order valence-corrected chi connectivity index (χ4v) is 5.36. The predicted molar refractivity (Wildman–Crippen MR) is 147 cm³/mol. The number of benzene rings is 2. The van der Waals surface area contributed by atoms with Crippen molar-refractivity contribution in [1.29, 1.82) is 0 Å². The Hall–Kier alpha value is -3.76. The van der Waals surface area contributed by atoms with Crippen molar-refractivity contribution in [3.8, 4) is 5.75 Å². The first-order valence-corrected chi connectivity index (χ1v) is 14.4. The Morgan fingerprint density at radius 2 is 1.72 bits per heavy atom. The lowest BCUT2D eigenvalue weighted by molar-refractivity contribution is -0.140. The fourth-order valence-electron chi connectivity index (χ4n) is 4.06. The van der Waals surface area contributed by atoms with Gasteiger partial charge in [-0.3, -0.25) is 14.6 Å². The molecule has 10 heteroatoms. The minimum Gasteiger partial charge on any atom is -0.497 e. The molecule has 2 amide bonds. The normalized spacial score (nSPS) is 13.9. The van der Waals surface area contributed by atoms with Crippen LogP contribution in [0.5, 0.6) is 5.75 Å². The van der Waals surface area contributed by atoms with Crippen LogP contribution in [0.25, 0.3) is 0 Å². The number of methoxy groups -OCH3 is 1. The summed E-state index contributed by atoms with van der Waals surface area (Å²) in [5, 5.41) is 2.87. The lowest BCUT2D eigenvalue weighted by atomic mass is 10.1. The van der Waals surface area contributed by atoms with Crippen molar-refractivity contribution in [2.45, 2.75) is 62.7 Å². The molecule has 4 rings (SSSR count). The van der Waals surface area contributed by atoms with Crippen molar-refractivity contribution in [1.82, 2.24) is 19.9 Å². The molecule has 1 aliphatic carbocycles. The highest BCUT2D eigenvalue weighted by Gasteiger charge is 2.28. The molecule has 0 saturated heterocycles. The number of hydrogen-bond donors (Lipinski definition) is 2. The fraction of sp³-hybridized carbons (Fsp3) is 0.345. The highest BCUT2D eigenvalue weighted by Crippen LogP contribution is 2.22. The summed E-state index contributed by atoms with van der Waals surface area (Å²) in [7, 11) is -1.94. The van der Waals surface area contributed by atoms with E-state index in [-0.39, 0.29) is 42.3 Å².